The zero-order chi connectivity index (χ0) is 15.0. The highest BCUT2D eigenvalue weighted by Gasteiger charge is 2.29. The van der Waals surface area contributed by atoms with Crippen molar-refractivity contribution >= 4 is 11.7 Å². The molecule has 0 saturated heterocycles. The molecule has 0 bridgehead atoms. The van der Waals surface area contributed by atoms with Gasteiger partial charge in [-0.1, -0.05) is 0 Å². The van der Waals surface area contributed by atoms with Crippen LogP contribution in [0.3, 0.4) is 0 Å². The number of hydrogen-bond acceptors (Lipinski definition) is 4. The third-order valence-electron chi connectivity index (χ3n) is 3.63. The van der Waals surface area contributed by atoms with E-state index < -0.39 is 5.91 Å². The molecule has 0 fully saturated rings. The summed E-state index contributed by atoms with van der Waals surface area (Å²) in [4.78, 5) is 23.7. The Labute approximate surface area is 121 Å². The van der Waals surface area contributed by atoms with Crippen molar-refractivity contribution in [2.75, 3.05) is 7.11 Å². The smallest absolute Gasteiger partial charge is 0.269 e. The van der Waals surface area contributed by atoms with Crippen molar-refractivity contribution < 1.29 is 14.3 Å². The number of carbonyl (C=O) groups is 2. The van der Waals surface area contributed by atoms with Gasteiger partial charge in [-0.3, -0.25) is 9.59 Å². The second-order valence-corrected chi connectivity index (χ2v) is 4.93. The van der Waals surface area contributed by atoms with Crippen molar-refractivity contribution in [2.24, 2.45) is 5.73 Å². The van der Waals surface area contributed by atoms with E-state index in [-0.39, 0.29) is 11.5 Å². The van der Waals surface area contributed by atoms with Gasteiger partial charge in [0.15, 0.2) is 11.5 Å². The van der Waals surface area contributed by atoms with Crippen LogP contribution in [-0.4, -0.2) is 28.6 Å². The molecule has 1 aromatic carbocycles. The van der Waals surface area contributed by atoms with Gasteiger partial charge in [-0.05, 0) is 37.1 Å². The lowest BCUT2D eigenvalue weighted by Gasteiger charge is -2.13. The summed E-state index contributed by atoms with van der Waals surface area (Å²) in [5, 5.41) is 4.25. The van der Waals surface area contributed by atoms with Crippen LogP contribution >= 0.6 is 0 Å². The van der Waals surface area contributed by atoms with Gasteiger partial charge in [0.1, 0.15) is 11.4 Å². The van der Waals surface area contributed by atoms with Gasteiger partial charge >= 0.3 is 0 Å². The van der Waals surface area contributed by atoms with Gasteiger partial charge in [0.05, 0.1) is 12.8 Å². The predicted octanol–water partition coefficient (Wildman–Crippen LogP) is 1.50. The molecule has 1 aromatic heterocycles. The summed E-state index contributed by atoms with van der Waals surface area (Å²) in [5.74, 6) is 0.0986. The molecule has 0 aliphatic heterocycles. The van der Waals surface area contributed by atoms with Crippen LogP contribution < -0.4 is 10.5 Å². The van der Waals surface area contributed by atoms with E-state index in [9.17, 15) is 9.59 Å². The van der Waals surface area contributed by atoms with Gasteiger partial charge in [-0.2, -0.15) is 5.10 Å². The molecule has 6 heteroatoms. The maximum absolute atomic E-state index is 12.2. The fourth-order valence-corrected chi connectivity index (χ4v) is 2.63. The number of Topliss-reactive ketones (excluding diaryl/α,β-unsaturated/α-hetero) is 1. The van der Waals surface area contributed by atoms with E-state index >= 15 is 0 Å². The molecular formula is C15H15N3O3. The summed E-state index contributed by atoms with van der Waals surface area (Å²) in [6, 6.07) is 7.14. The van der Waals surface area contributed by atoms with Crippen LogP contribution in [0, 0.1) is 0 Å². The van der Waals surface area contributed by atoms with Gasteiger partial charge in [0.25, 0.3) is 5.91 Å². The predicted molar refractivity (Wildman–Crippen MR) is 75.9 cm³/mol. The monoisotopic (exact) mass is 285 g/mol. The molecule has 0 saturated carbocycles. The molecule has 0 unspecified atom stereocenters. The number of nitrogens with two attached hydrogens (primary N) is 1. The van der Waals surface area contributed by atoms with Gasteiger partial charge in [-0.25, -0.2) is 4.68 Å². The van der Waals surface area contributed by atoms with E-state index in [1.54, 1.807) is 31.4 Å². The van der Waals surface area contributed by atoms with Gasteiger partial charge in [0.2, 0.25) is 0 Å². The van der Waals surface area contributed by atoms with E-state index in [0.717, 1.165) is 6.42 Å². The Morgan fingerprint density at radius 2 is 2.00 bits per heavy atom. The number of aromatic nitrogens is 2. The minimum absolute atomic E-state index is 0.00734. The SMILES string of the molecule is COc1ccc(-n2nc(C(N)=O)c3c2C(=O)CCC3)cc1. The van der Waals surface area contributed by atoms with Gasteiger partial charge in [-0.15, -0.1) is 0 Å². The van der Waals surface area contributed by atoms with Crippen LogP contribution in [0.4, 0.5) is 0 Å². The van der Waals surface area contributed by atoms with E-state index in [1.807, 2.05) is 0 Å². The Hall–Kier alpha value is -2.63. The van der Waals surface area contributed by atoms with Crippen molar-refractivity contribution in [3.8, 4) is 11.4 Å². The van der Waals surface area contributed by atoms with Gasteiger partial charge < -0.3 is 10.5 Å². The summed E-state index contributed by atoms with van der Waals surface area (Å²) in [5.41, 5.74) is 7.40. The van der Waals surface area contributed by atoms with Crippen molar-refractivity contribution in [3.05, 3.63) is 41.2 Å². The molecule has 3 rings (SSSR count). The largest absolute Gasteiger partial charge is 0.497 e. The Morgan fingerprint density at radius 1 is 1.29 bits per heavy atom. The Balaban J connectivity index is 2.17. The number of nitrogens with zero attached hydrogens (tertiary/aromatic N) is 2. The number of benzene rings is 1. The molecule has 0 spiro atoms. The third-order valence-corrected chi connectivity index (χ3v) is 3.63. The maximum Gasteiger partial charge on any atom is 0.269 e. The quantitative estimate of drug-likeness (QED) is 0.925. The average molecular weight is 285 g/mol. The summed E-state index contributed by atoms with van der Waals surface area (Å²) < 4.78 is 6.62. The van der Waals surface area contributed by atoms with E-state index in [2.05, 4.69) is 5.10 Å². The molecule has 2 aromatic rings. The first-order chi connectivity index (χ1) is 10.1. The molecule has 1 aliphatic rings. The number of carbonyl (C=O) groups excluding carboxylic acids is 2. The first-order valence-corrected chi connectivity index (χ1v) is 6.71. The molecule has 0 radical (unpaired) electrons. The minimum atomic E-state index is -0.604. The van der Waals surface area contributed by atoms with Crippen LogP contribution in [0.5, 0.6) is 5.75 Å². The van der Waals surface area contributed by atoms with E-state index in [1.165, 1.54) is 4.68 Å². The number of fused-ring (bicyclic) bond motifs is 1. The van der Waals surface area contributed by atoms with E-state index in [4.69, 9.17) is 10.5 Å². The maximum atomic E-state index is 12.2. The Morgan fingerprint density at radius 3 is 2.62 bits per heavy atom. The summed E-state index contributed by atoms with van der Waals surface area (Å²) in [6.45, 7) is 0. The number of hydrogen-bond donors (Lipinski definition) is 1. The van der Waals surface area contributed by atoms with Crippen molar-refractivity contribution in [1.82, 2.24) is 9.78 Å². The Kier molecular flexibility index (Phi) is 3.21. The van der Waals surface area contributed by atoms with E-state index in [0.29, 0.717) is 35.5 Å². The first-order valence-electron chi connectivity index (χ1n) is 6.71. The number of amides is 1. The molecular weight excluding hydrogens is 270 g/mol. The topological polar surface area (TPSA) is 87.2 Å². The standard InChI is InChI=1S/C15H15N3O3/c1-21-10-7-5-9(6-8-10)18-14-11(3-2-4-12(14)19)13(17-18)15(16)20/h5-8H,2-4H2,1H3,(H2,16,20). The van der Waals surface area contributed by atoms with Crippen LogP contribution in [0.15, 0.2) is 24.3 Å². The summed E-state index contributed by atoms with van der Waals surface area (Å²) >= 11 is 0. The fraction of sp³-hybridized carbons (Fsp3) is 0.267. The molecule has 6 nitrogen and oxygen atoms in total. The normalized spacial score (nSPS) is 13.9. The van der Waals surface area contributed by atoms with Gasteiger partial charge in [0, 0.05) is 12.0 Å². The molecule has 108 valence electrons. The first kappa shape index (κ1) is 13.4. The molecule has 21 heavy (non-hydrogen) atoms. The molecule has 1 aliphatic carbocycles. The van der Waals surface area contributed by atoms with Crippen LogP contribution in [0.2, 0.25) is 0 Å². The second kappa shape index (κ2) is 5.05. The number of methoxy groups -OCH3 is 1. The number of rotatable bonds is 3. The molecule has 0 atom stereocenters. The van der Waals surface area contributed by atoms with Crippen LogP contribution in [0.25, 0.3) is 5.69 Å². The number of primary amides is 1. The minimum Gasteiger partial charge on any atom is -0.497 e. The fourth-order valence-electron chi connectivity index (χ4n) is 2.63. The average Bonchev–Trinajstić information content (AvgIpc) is 2.88. The zero-order valence-electron chi connectivity index (χ0n) is 11.6. The lowest BCUT2D eigenvalue weighted by molar-refractivity contribution is 0.0964. The zero-order valence-corrected chi connectivity index (χ0v) is 11.6. The van der Waals surface area contributed by atoms with Crippen LogP contribution in [0.1, 0.15) is 39.4 Å². The second-order valence-electron chi connectivity index (χ2n) is 4.93. The number of ketones is 1. The summed E-state index contributed by atoms with van der Waals surface area (Å²) in [6.07, 6.45) is 1.84. The lowest BCUT2D eigenvalue weighted by atomic mass is 9.94. The third kappa shape index (κ3) is 2.18. The van der Waals surface area contributed by atoms with Crippen molar-refractivity contribution in [2.45, 2.75) is 19.3 Å². The van der Waals surface area contributed by atoms with Crippen molar-refractivity contribution in [3.63, 3.8) is 0 Å². The highest BCUT2D eigenvalue weighted by atomic mass is 16.5. The summed E-state index contributed by atoms with van der Waals surface area (Å²) in [7, 11) is 1.58. The molecule has 1 amide bonds. The lowest BCUT2D eigenvalue weighted by Crippen LogP contribution is -2.17. The molecule has 1 heterocycles. The van der Waals surface area contributed by atoms with Crippen molar-refractivity contribution in [1.29, 1.82) is 0 Å². The number of ether oxygens (including phenoxy) is 1. The Bertz CT molecular complexity index is 717. The highest BCUT2D eigenvalue weighted by molar-refractivity contribution is 6.02. The highest BCUT2D eigenvalue weighted by Crippen LogP contribution is 2.27. The van der Waals surface area contributed by atoms with Crippen LogP contribution in [-0.2, 0) is 6.42 Å². The molecule has 2 N–H and O–H groups in total.